The molecule has 2 aromatic carbocycles. The maximum atomic E-state index is 13.3. The predicted molar refractivity (Wildman–Crippen MR) is 134 cm³/mol. The molecule has 6 heteroatoms. The zero-order valence-corrected chi connectivity index (χ0v) is 20.5. The van der Waals surface area contributed by atoms with Gasteiger partial charge in [-0.1, -0.05) is 60.7 Å². The van der Waals surface area contributed by atoms with Crippen LogP contribution in [0.15, 0.2) is 85.2 Å². The van der Waals surface area contributed by atoms with E-state index in [-0.39, 0.29) is 23.8 Å². The Morgan fingerprint density at radius 2 is 1.71 bits per heavy atom. The second kappa shape index (κ2) is 10.7. The molecule has 0 aliphatic heterocycles. The second-order valence-electron chi connectivity index (χ2n) is 9.13. The molecule has 1 amide bonds. The van der Waals surface area contributed by atoms with Crippen molar-refractivity contribution >= 4 is 11.9 Å². The molecule has 35 heavy (non-hydrogen) atoms. The topological polar surface area (TPSA) is 78.2 Å². The molecule has 0 saturated heterocycles. The van der Waals surface area contributed by atoms with Gasteiger partial charge in [-0.15, -0.1) is 0 Å². The Morgan fingerprint density at radius 1 is 1.09 bits per heavy atom. The molecule has 0 bridgehead atoms. The summed E-state index contributed by atoms with van der Waals surface area (Å²) in [6.45, 7) is 4.84. The number of ether oxygens (including phenoxy) is 1. The normalized spacial score (nSPS) is 18.1. The molecule has 0 unspecified atom stereocenters. The number of nitrogens with two attached hydrogens (primary N) is 1. The average molecular weight is 473 g/mol. The number of hydrogen-bond donors (Lipinski definition) is 1. The van der Waals surface area contributed by atoms with Crippen molar-refractivity contribution in [2.24, 2.45) is 11.7 Å². The quantitative estimate of drug-likeness (QED) is 0.290. The molecule has 6 nitrogen and oxygen atoms in total. The molecule has 1 aliphatic rings. The van der Waals surface area contributed by atoms with Crippen molar-refractivity contribution in [3.63, 3.8) is 0 Å². The molecule has 182 valence electrons. The largest absolute Gasteiger partial charge is 0.463 e. The summed E-state index contributed by atoms with van der Waals surface area (Å²) in [4.78, 5) is 24.9. The van der Waals surface area contributed by atoms with Crippen LogP contribution in [0, 0.1) is 12.8 Å². The van der Waals surface area contributed by atoms with E-state index in [1.165, 1.54) is 6.08 Å². The first-order valence-corrected chi connectivity index (χ1v) is 12.3. The van der Waals surface area contributed by atoms with Gasteiger partial charge in [0.1, 0.15) is 30.4 Å². The number of rotatable bonds is 9. The number of hydrogen-bond acceptors (Lipinski definition) is 3. The lowest BCUT2D eigenvalue weighted by Crippen LogP contribution is -2.47. The van der Waals surface area contributed by atoms with Gasteiger partial charge in [0.25, 0.3) is 5.82 Å². The average Bonchev–Trinajstić information content (AvgIpc) is 3.48. The maximum Gasteiger partial charge on any atom is 0.330 e. The van der Waals surface area contributed by atoms with Gasteiger partial charge in [-0.3, -0.25) is 4.79 Å². The van der Waals surface area contributed by atoms with Gasteiger partial charge in [0.15, 0.2) is 0 Å². The third-order valence-electron chi connectivity index (χ3n) is 7.30. The molecule has 4 rings (SSSR count). The summed E-state index contributed by atoms with van der Waals surface area (Å²) < 4.78 is 9.36. The van der Waals surface area contributed by atoms with E-state index in [4.69, 9.17) is 10.5 Å². The van der Waals surface area contributed by atoms with E-state index in [2.05, 4.69) is 22.3 Å². The highest BCUT2D eigenvalue weighted by atomic mass is 16.5. The van der Waals surface area contributed by atoms with Crippen LogP contribution >= 0.6 is 0 Å². The summed E-state index contributed by atoms with van der Waals surface area (Å²) >= 11 is 0. The summed E-state index contributed by atoms with van der Waals surface area (Å²) in [5.74, 6) is 0.555. The summed E-state index contributed by atoms with van der Waals surface area (Å²) in [6, 6.07) is 20.2. The number of allylic oxidation sites excluding steroid dienone is 1. The van der Waals surface area contributed by atoms with Crippen LogP contribution in [0.1, 0.15) is 49.2 Å². The van der Waals surface area contributed by atoms with E-state index < -0.39 is 5.41 Å². The van der Waals surface area contributed by atoms with Gasteiger partial charge in [-0.05, 0) is 49.3 Å². The third-order valence-corrected chi connectivity index (χ3v) is 7.30. The minimum Gasteiger partial charge on any atom is -0.463 e. The standard InChI is InChI=1S/C29H33N3O3/c1-3-35-27(33)15-10-18-31-19-20-32(22(31)2)26-17-16-25(21-26)29(28(30)34,23-11-6-4-7-12-23)24-13-8-5-9-14-24/h4-15,19-20,25-26H,3,16-18,21H2,1-2H3,(H-,30,34)/p+1/t25-,26+/m1/s1. The highest BCUT2D eigenvalue weighted by Crippen LogP contribution is 2.49. The van der Waals surface area contributed by atoms with Crippen LogP contribution in [0.3, 0.4) is 0 Å². The molecule has 2 N–H and O–H groups in total. The first kappa shape index (κ1) is 24.5. The lowest BCUT2D eigenvalue weighted by Gasteiger charge is -2.37. The highest BCUT2D eigenvalue weighted by Gasteiger charge is 2.51. The lowest BCUT2D eigenvalue weighted by atomic mass is 9.64. The number of benzene rings is 2. The van der Waals surface area contributed by atoms with Gasteiger partial charge in [0.05, 0.1) is 6.61 Å². The van der Waals surface area contributed by atoms with Crippen molar-refractivity contribution in [3.8, 4) is 0 Å². The van der Waals surface area contributed by atoms with Crippen LogP contribution in [-0.2, 0) is 26.3 Å². The zero-order chi connectivity index (χ0) is 24.8. The fourth-order valence-corrected chi connectivity index (χ4v) is 5.68. The summed E-state index contributed by atoms with van der Waals surface area (Å²) in [7, 11) is 0. The van der Waals surface area contributed by atoms with Crippen LogP contribution in [0.2, 0.25) is 0 Å². The molecular formula is C29H34N3O3+. The summed E-state index contributed by atoms with van der Waals surface area (Å²) in [5, 5.41) is 0. The Hall–Kier alpha value is -3.67. The molecule has 1 fully saturated rings. The molecule has 0 spiro atoms. The van der Waals surface area contributed by atoms with Gasteiger partial charge < -0.3 is 10.5 Å². The van der Waals surface area contributed by atoms with E-state index in [1.807, 2.05) is 72.9 Å². The van der Waals surface area contributed by atoms with Crippen molar-refractivity contribution in [1.82, 2.24) is 4.57 Å². The Morgan fingerprint density at radius 3 is 2.29 bits per heavy atom. The van der Waals surface area contributed by atoms with Crippen LogP contribution in [0.5, 0.6) is 0 Å². The van der Waals surface area contributed by atoms with Crippen LogP contribution in [-0.4, -0.2) is 23.1 Å². The molecule has 1 heterocycles. The van der Waals surface area contributed by atoms with E-state index in [0.717, 1.165) is 36.2 Å². The Kier molecular flexibility index (Phi) is 7.49. The fourth-order valence-electron chi connectivity index (χ4n) is 5.68. The van der Waals surface area contributed by atoms with Gasteiger partial charge >= 0.3 is 5.97 Å². The smallest absolute Gasteiger partial charge is 0.330 e. The highest BCUT2D eigenvalue weighted by molar-refractivity contribution is 5.91. The first-order valence-electron chi connectivity index (χ1n) is 12.3. The van der Waals surface area contributed by atoms with Crippen molar-refractivity contribution in [2.75, 3.05) is 6.61 Å². The summed E-state index contributed by atoms with van der Waals surface area (Å²) in [5.41, 5.74) is 7.26. The number of aromatic nitrogens is 2. The molecule has 2 atom stereocenters. The van der Waals surface area contributed by atoms with Crippen LogP contribution in [0.25, 0.3) is 0 Å². The van der Waals surface area contributed by atoms with Crippen molar-refractivity contribution in [3.05, 3.63) is 102 Å². The fraction of sp³-hybridized carbons (Fsp3) is 0.345. The Labute approximate surface area is 207 Å². The number of carbonyl (C=O) groups excluding carboxylic acids is 2. The van der Waals surface area contributed by atoms with Crippen molar-refractivity contribution < 1.29 is 18.9 Å². The van der Waals surface area contributed by atoms with Crippen molar-refractivity contribution in [2.45, 2.75) is 51.1 Å². The number of imidazole rings is 1. The number of amides is 1. The SMILES string of the molecule is CCOC(=O)C=CC[n+]1ccn([C@H]2CC[C@@H](C(C(N)=O)(c3ccccc3)c3ccccc3)C2)c1C. The van der Waals surface area contributed by atoms with Gasteiger partial charge in [0, 0.05) is 13.0 Å². The van der Waals surface area contributed by atoms with Crippen LogP contribution in [0.4, 0.5) is 0 Å². The van der Waals surface area contributed by atoms with E-state index in [0.29, 0.717) is 13.2 Å². The van der Waals surface area contributed by atoms with E-state index in [1.54, 1.807) is 6.92 Å². The third kappa shape index (κ3) is 4.78. The van der Waals surface area contributed by atoms with Gasteiger partial charge in [-0.2, -0.15) is 0 Å². The molecule has 0 radical (unpaired) electrons. The minimum absolute atomic E-state index is 0.0776. The van der Waals surface area contributed by atoms with Crippen molar-refractivity contribution in [1.29, 1.82) is 0 Å². The first-order chi connectivity index (χ1) is 17.0. The van der Waals surface area contributed by atoms with Gasteiger partial charge in [0.2, 0.25) is 5.91 Å². The van der Waals surface area contributed by atoms with E-state index in [9.17, 15) is 9.59 Å². The molecular weight excluding hydrogens is 438 g/mol. The summed E-state index contributed by atoms with van der Waals surface area (Å²) in [6.07, 6.45) is 10.1. The minimum atomic E-state index is -0.878. The monoisotopic (exact) mass is 472 g/mol. The molecule has 1 aromatic heterocycles. The van der Waals surface area contributed by atoms with E-state index >= 15 is 0 Å². The number of nitrogens with zero attached hydrogens (tertiary/aromatic N) is 2. The molecule has 1 aliphatic carbocycles. The number of carbonyl (C=O) groups is 2. The van der Waals surface area contributed by atoms with Gasteiger partial charge in [-0.25, -0.2) is 13.9 Å². The Balaban J connectivity index is 1.61. The lowest BCUT2D eigenvalue weighted by molar-refractivity contribution is -0.692. The zero-order valence-electron chi connectivity index (χ0n) is 20.5. The second-order valence-corrected chi connectivity index (χ2v) is 9.13. The maximum absolute atomic E-state index is 13.3. The molecule has 3 aromatic rings. The number of esters is 1. The Bertz CT molecular complexity index is 1140. The predicted octanol–water partition coefficient (Wildman–Crippen LogP) is 4.02. The number of primary amides is 1. The molecule has 1 saturated carbocycles. The van der Waals surface area contributed by atoms with Crippen LogP contribution < -0.4 is 10.3 Å².